The Labute approximate surface area is 209 Å². The van der Waals surface area contributed by atoms with Crippen LogP contribution in [0.1, 0.15) is 39.2 Å². The quantitative estimate of drug-likeness (QED) is 0.321. The molecular formula is C23H39IN4O4. The van der Waals surface area contributed by atoms with Gasteiger partial charge in [-0.25, -0.2) is 4.79 Å². The number of amides is 1. The maximum absolute atomic E-state index is 12.2. The lowest BCUT2D eigenvalue weighted by molar-refractivity contribution is 0.0185. The van der Waals surface area contributed by atoms with E-state index in [1.807, 2.05) is 46.0 Å². The van der Waals surface area contributed by atoms with E-state index in [4.69, 9.17) is 14.2 Å². The number of likely N-dealkylation sites (tertiary alicyclic amines) is 1. The third-order valence-corrected chi connectivity index (χ3v) is 5.29. The largest absolute Gasteiger partial charge is 0.497 e. The average Bonchev–Trinajstić information content (AvgIpc) is 2.73. The van der Waals surface area contributed by atoms with Crippen LogP contribution in [-0.2, 0) is 11.3 Å². The number of nitrogens with one attached hydrogen (secondary N) is 1. The second kappa shape index (κ2) is 13.0. The van der Waals surface area contributed by atoms with Crippen molar-refractivity contribution in [3.63, 3.8) is 0 Å². The second-order valence-corrected chi connectivity index (χ2v) is 8.87. The first-order valence-corrected chi connectivity index (χ1v) is 10.8. The second-order valence-electron chi connectivity index (χ2n) is 8.87. The van der Waals surface area contributed by atoms with Crippen molar-refractivity contribution in [2.75, 3.05) is 47.9 Å². The number of carbonyl (C=O) groups excluding carboxylic acids is 1. The molecule has 1 aromatic rings. The molecule has 182 valence electrons. The zero-order chi connectivity index (χ0) is 23.0. The van der Waals surface area contributed by atoms with Crippen LogP contribution in [0, 0.1) is 5.92 Å². The minimum Gasteiger partial charge on any atom is -0.497 e. The Bertz CT molecular complexity index is 759. The molecule has 0 bridgehead atoms. The fourth-order valence-corrected chi connectivity index (χ4v) is 3.58. The molecule has 2 rings (SSSR count). The first-order valence-electron chi connectivity index (χ1n) is 10.8. The fourth-order valence-electron chi connectivity index (χ4n) is 3.58. The Balaban J connectivity index is 0.00000512. The van der Waals surface area contributed by atoms with Crippen LogP contribution >= 0.6 is 24.0 Å². The van der Waals surface area contributed by atoms with E-state index >= 15 is 0 Å². The van der Waals surface area contributed by atoms with E-state index in [-0.39, 0.29) is 30.1 Å². The molecule has 0 radical (unpaired) electrons. The summed E-state index contributed by atoms with van der Waals surface area (Å²) in [5.74, 6) is 2.87. The van der Waals surface area contributed by atoms with E-state index in [1.54, 1.807) is 26.2 Å². The Kier molecular flexibility index (Phi) is 11.4. The summed E-state index contributed by atoms with van der Waals surface area (Å²) in [6.07, 6.45) is 1.67. The molecule has 1 amide bonds. The highest BCUT2D eigenvalue weighted by Crippen LogP contribution is 2.25. The number of aliphatic imine (C=N–C) groups is 1. The normalized spacial score (nSPS) is 15.0. The summed E-state index contributed by atoms with van der Waals surface area (Å²) in [7, 11) is 7.10. The summed E-state index contributed by atoms with van der Waals surface area (Å²) < 4.78 is 16.3. The SMILES string of the molecule is CN=C(NCC1CCN(C(=O)OC(C)(C)C)CC1)N(C)Cc1ccc(OC)cc1OC.I. The third-order valence-electron chi connectivity index (χ3n) is 5.29. The van der Waals surface area contributed by atoms with Gasteiger partial charge in [-0.05, 0) is 51.7 Å². The van der Waals surface area contributed by atoms with Crippen molar-refractivity contribution in [2.24, 2.45) is 10.9 Å². The molecule has 1 aliphatic rings. The highest BCUT2D eigenvalue weighted by Gasteiger charge is 2.27. The number of hydrogen-bond donors (Lipinski definition) is 1. The van der Waals surface area contributed by atoms with E-state index in [0.29, 0.717) is 12.5 Å². The highest BCUT2D eigenvalue weighted by molar-refractivity contribution is 14.0. The van der Waals surface area contributed by atoms with Crippen molar-refractivity contribution in [1.82, 2.24) is 15.1 Å². The van der Waals surface area contributed by atoms with Gasteiger partial charge < -0.3 is 29.3 Å². The number of halogens is 1. The van der Waals surface area contributed by atoms with Gasteiger partial charge in [0.05, 0.1) is 14.2 Å². The maximum atomic E-state index is 12.2. The number of carbonyl (C=O) groups is 1. The number of piperidine rings is 1. The zero-order valence-electron chi connectivity index (χ0n) is 20.4. The van der Waals surface area contributed by atoms with Crippen LogP contribution in [0.25, 0.3) is 0 Å². The van der Waals surface area contributed by atoms with Crippen molar-refractivity contribution < 1.29 is 19.0 Å². The van der Waals surface area contributed by atoms with Crippen molar-refractivity contribution in [3.8, 4) is 11.5 Å². The van der Waals surface area contributed by atoms with Crippen LogP contribution in [0.4, 0.5) is 4.79 Å². The monoisotopic (exact) mass is 562 g/mol. The van der Waals surface area contributed by atoms with Gasteiger partial charge in [0, 0.05) is 51.9 Å². The lowest BCUT2D eigenvalue weighted by atomic mass is 9.97. The van der Waals surface area contributed by atoms with Gasteiger partial charge in [-0.15, -0.1) is 24.0 Å². The molecule has 1 fully saturated rings. The molecule has 1 aliphatic heterocycles. The van der Waals surface area contributed by atoms with Gasteiger partial charge in [-0.3, -0.25) is 4.99 Å². The molecule has 0 spiro atoms. The number of guanidine groups is 1. The van der Waals surface area contributed by atoms with E-state index in [2.05, 4.69) is 15.2 Å². The first-order chi connectivity index (χ1) is 14.7. The van der Waals surface area contributed by atoms with Crippen molar-refractivity contribution in [3.05, 3.63) is 23.8 Å². The number of nitrogens with zero attached hydrogens (tertiary/aromatic N) is 3. The van der Waals surface area contributed by atoms with Crippen LogP contribution in [0.3, 0.4) is 0 Å². The lowest BCUT2D eigenvalue weighted by Gasteiger charge is -2.34. The number of hydrogen-bond acceptors (Lipinski definition) is 5. The number of ether oxygens (including phenoxy) is 3. The summed E-state index contributed by atoms with van der Waals surface area (Å²) >= 11 is 0. The van der Waals surface area contributed by atoms with Gasteiger partial charge in [-0.1, -0.05) is 0 Å². The summed E-state index contributed by atoms with van der Waals surface area (Å²) in [4.78, 5) is 20.5. The van der Waals surface area contributed by atoms with E-state index in [9.17, 15) is 4.79 Å². The molecule has 1 aromatic carbocycles. The molecule has 1 saturated heterocycles. The predicted octanol–water partition coefficient (Wildman–Crippen LogP) is 3.98. The van der Waals surface area contributed by atoms with Crippen molar-refractivity contribution in [1.29, 1.82) is 0 Å². The van der Waals surface area contributed by atoms with Crippen molar-refractivity contribution in [2.45, 2.75) is 45.8 Å². The summed E-state index contributed by atoms with van der Waals surface area (Å²) in [5.41, 5.74) is 0.596. The number of methoxy groups -OCH3 is 2. The highest BCUT2D eigenvalue weighted by atomic mass is 127. The molecule has 0 aliphatic carbocycles. The van der Waals surface area contributed by atoms with Gasteiger partial charge in [0.2, 0.25) is 0 Å². The molecule has 1 heterocycles. The minimum absolute atomic E-state index is 0. The number of rotatable bonds is 6. The smallest absolute Gasteiger partial charge is 0.410 e. The van der Waals surface area contributed by atoms with E-state index in [1.165, 1.54) is 0 Å². The van der Waals surface area contributed by atoms with Gasteiger partial charge in [-0.2, -0.15) is 0 Å². The van der Waals surface area contributed by atoms with Gasteiger partial charge in [0.25, 0.3) is 0 Å². The van der Waals surface area contributed by atoms with Crippen LogP contribution in [-0.4, -0.2) is 75.4 Å². The molecule has 32 heavy (non-hydrogen) atoms. The molecule has 9 heteroatoms. The molecule has 0 saturated carbocycles. The summed E-state index contributed by atoms with van der Waals surface area (Å²) in [6, 6.07) is 5.83. The molecule has 8 nitrogen and oxygen atoms in total. The maximum Gasteiger partial charge on any atom is 0.410 e. The Hall–Kier alpha value is -1.91. The fraction of sp³-hybridized carbons (Fsp3) is 0.652. The molecule has 0 unspecified atom stereocenters. The number of benzene rings is 1. The standard InChI is InChI=1S/C23H38N4O4.HI/c1-23(2,3)31-22(28)27-12-10-17(11-13-27)15-25-21(24-4)26(5)16-18-8-9-19(29-6)14-20(18)30-7;/h8-9,14,17H,10-13,15-16H2,1-7H3,(H,24,25);1H. The molecule has 1 N–H and O–H groups in total. The Morgan fingerprint density at radius 2 is 1.88 bits per heavy atom. The first kappa shape index (κ1) is 28.1. The molecule has 0 aromatic heterocycles. The Morgan fingerprint density at radius 1 is 1.22 bits per heavy atom. The average molecular weight is 562 g/mol. The molecular weight excluding hydrogens is 523 g/mol. The Morgan fingerprint density at radius 3 is 2.41 bits per heavy atom. The van der Waals surface area contributed by atoms with Gasteiger partial charge in [0.15, 0.2) is 5.96 Å². The van der Waals surface area contributed by atoms with Crippen LogP contribution in [0.5, 0.6) is 11.5 Å². The van der Waals surface area contributed by atoms with Crippen LogP contribution < -0.4 is 14.8 Å². The van der Waals surface area contributed by atoms with E-state index in [0.717, 1.165) is 55.5 Å². The summed E-state index contributed by atoms with van der Waals surface area (Å²) in [6.45, 7) is 8.60. The summed E-state index contributed by atoms with van der Waals surface area (Å²) in [5, 5.41) is 3.48. The minimum atomic E-state index is -0.459. The lowest BCUT2D eigenvalue weighted by Crippen LogP contribution is -2.45. The van der Waals surface area contributed by atoms with E-state index < -0.39 is 5.60 Å². The topological polar surface area (TPSA) is 75.6 Å². The van der Waals surface area contributed by atoms with Gasteiger partial charge >= 0.3 is 6.09 Å². The zero-order valence-corrected chi connectivity index (χ0v) is 22.8. The third kappa shape index (κ3) is 8.55. The van der Waals surface area contributed by atoms with Crippen molar-refractivity contribution >= 4 is 36.0 Å². The predicted molar refractivity (Wildman–Crippen MR) is 138 cm³/mol. The molecule has 0 atom stereocenters. The van der Waals surface area contributed by atoms with Gasteiger partial charge in [0.1, 0.15) is 17.1 Å². The van der Waals surface area contributed by atoms with Crippen LogP contribution in [0.2, 0.25) is 0 Å². The van der Waals surface area contributed by atoms with Crippen LogP contribution in [0.15, 0.2) is 23.2 Å².